The molecule has 0 spiro atoms. The summed E-state index contributed by atoms with van der Waals surface area (Å²) < 4.78 is 40.2. The first kappa shape index (κ1) is 14.8. The van der Waals surface area contributed by atoms with Crippen LogP contribution in [0.3, 0.4) is 0 Å². The molecular weight excluding hydrogens is 358 g/mol. The van der Waals surface area contributed by atoms with Crippen molar-refractivity contribution in [3.05, 3.63) is 59.2 Å². The summed E-state index contributed by atoms with van der Waals surface area (Å²) in [5.74, 6) is 0. The standard InChI is InChI=1S/C14H9BBrF3N3/c16-12-5-1-10(2-6-12)14-9-22(21-20-14)13-7-3-11(4-8-13)15(17,18)19/h1-9H/q-1. The minimum atomic E-state index is -4.98. The molecule has 2 aromatic carbocycles. The summed E-state index contributed by atoms with van der Waals surface area (Å²) in [6.45, 7) is -4.98. The van der Waals surface area contributed by atoms with Crippen LogP contribution in [0, 0.1) is 0 Å². The molecule has 0 saturated carbocycles. The minimum absolute atomic E-state index is 0.527. The van der Waals surface area contributed by atoms with Crippen molar-refractivity contribution < 1.29 is 12.9 Å². The first-order valence-corrected chi connectivity index (χ1v) is 7.21. The molecule has 0 amide bonds. The lowest BCUT2D eigenvalue weighted by atomic mass is 9.80. The molecule has 0 atom stereocenters. The van der Waals surface area contributed by atoms with E-state index in [0.717, 1.165) is 22.2 Å². The Balaban J connectivity index is 1.89. The zero-order valence-corrected chi connectivity index (χ0v) is 12.7. The molecule has 3 nitrogen and oxygen atoms in total. The Morgan fingerprint density at radius 1 is 0.909 bits per heavy atom. The maximum Gasteiger partial charge on any atom is 0.509 e. The van der Waals surface area contributed by atoms with Gasteiger partial charge in [-0.15, -0.1) is 10.6 Å². The molecule has 0 unspecified atom stereocenters. The van der Waals surface area contributed by atoms with Gasteiger partial charge in [0, 0.05) is 10.0 Å². The highest BCUT2D eigenvalue weighted by Gasteiger charge is 2.25. The van der Waals surface area contributed by atoms with Crippen LogP contribution in [-0.2, 0) is 0 Å². The summed E-state index contributed by atoms with van der Waals surface area (Å²) in [6.07, 6.45) is 1.68. The molecule has 1 aromatic heterocycles. The van der Waals surface area contributed by atoms with Crippen LogP contribution >= 0.6 is 15.9 Å². The smallest absolute Gasteiger partial charge is 0.445 e. The fourth-order valence-electron chi connectivity index (χ4n) is 1.99. The molecule has 0 saturated heterocycles. The zero-order valence-electron chi connectivity index (χ0n) is 11.1. The predicted octanol–water partition coefficient (Wildman–Crippen LogP) is 3.75. The fraction of sp³-hybridized carbons (Fsp3) is 0. The van der Waals surface area contributed by atoms with Crippen LogP contribution in [0.4, 0.5) is 12.9 Å². The van der Waals surface area contributed by atoms with E-state index >= 15 is 0 Å². The largest absolute Gasteiger partial charge is 0.509 e. The minimum Gasteiger partial charge on any atom is -0.445 e. The van der Waals surface area contributed by atoms with Gasteiger partial charge in [0.25, 0.3) is 0 Å². The first-order valence-electron chi connectivity index (χ1n) is 6.42. The quantitative estimate of drug-likeness (QED) is 0.661. The van der Waals surface area contributed by atoms with Crippen LogP contribution in [0.2, 0.25) is 0 Å². The molecular formula is C14H9BBrF3N3-. The van der Waals surface area contributed by atoms with E-state index in [1.165, 1.54) is 16.8 Å². The van der Waals surface area contributed by atoms with Crippen LogP contribution in [0.5, 0.6) is 0 Å². The molecule has 0 aliphatic carbocycles. The second kappa shape index (κ2) is 5.60. The van der Waals surface area contributed by atoms with Gasteiger partial charge in [0.2, 0.25) is 0 Å². The van der Waals surface area contributed by atoms with Gasteiger partial charge in [0.15, 0.2) is 0 Å². The average molecular weight is 367 g/mol. The topological polar surface area (TPSA) is 30.7 Å². The number of nitrogens with zero attached hydrogens (tertiary/aromatic N) is 3. The Morgan fingerprint density at radius 2 is 1.55 bits per heavy atom. The summed E-state index contributed by atoms with van der Waals surface area (Å²) in [6, 6.07) is 12.4. The molecule has 0 fully saturated rings. The molecule has 1 heterocycles. The number of halogens is 4. The normalized spacial score (nSPS) is 11.6. The maximum absolute atomic E-state index is 12.6. The predicted molar refractivity (Wildman–Crippen MR) is 83.2 cm³/mol. The molecule has 0 bridgehead atoms. The number of aromatic nitrogens is 3. The van der Waals surface area contributed by atoms with Crippen LogP contribution < -0.4 is 5.46 Å². The third kappa shape index (κ3) is 3.06. The SMILES string of the molecule is F[B-](F)(F)c1ccc(-n2cc(-c3ccc(Br)cc3)nn2)cc1. The molecule has 8 heteroatoms. The molecule has 0 radical (unpaired) electrons. The lowest BCUT2D eigenvalue weighted by Crippen LogP contribution is -2.33. The van der Waals surface area contributed by atoms with E-state index in [-0.39, 0.29) is 0 Å². The summed E-state index contributed by atoms with van der Waals surface area (Å²) in [5.41, 5.74) is 1.43. The lowest BCUT2D eigenvalue weighted by molar-refractivity contribution is 0.501. The van der Waals surface area contributed by atoms with Crippen LogP contribution in [0.15, 0.2) is 59.2 Å². The van der Waals surface area contributed by atoms with E-state index in [1.54, 1.807) is 6.20 Å². The van der Waals surface area contributed by atoms with Gasteiger partial charge in [-0.2, -0.15) is 0 Å². The van der Waals surface area contributed by atoms with Crippen molar-refractivity contribution in [2.75, 3.05) is 0 Å². The summed E-state index contributed by atoms with van der Waals surface area (Å²) in [4.78, 5) is 0. The third-order valence-corrected chi connectivity index (χ3v) is 3.70. The Kier molecular flexibility index (Phi) is 3.78. The zero-order chi connectivity index (χ0) is 15.7. The van der Waals surface area contributed by atoms with Gasteiger partial charge in [-0.3, -0.25) is 0 Å². The van der Waals surface area contributed by atoms with E-state index in [4.69, 9.17) is 0 Å². The van der Waals surface area contributed by atoms with Gasteiger partial charge in [-0.25, -0.2) is 4.68 Å². The average Bonchev–Trinajstić information content (AvgIpc) is 2.97. The van der Waals surface area contributed by atoms with Crippen molar-refractivity contribution in [3.8, 4) is 16.9 Å². The van der Waals surface area contributed by atoms with Crippen LogP contribution in [0.1, 0.15) is 0 Å². The molecule has 112 valence electrons. The van der Waals surface area contributed by atoms with Crippen molar-refractivity contribution in [3.63, 3.8) is 0 Å². The third-order valence-electron chi connectivity index (χ3n) is 3.17. The monoisotopic (exact) mass is 366 g/mol. The van der Waals surface area contributed by atoms with Crippen molar-refractivity contribution in [2.24, 2.45) is 0 Å². The van der Waals surface area contributed by atoms with Gasteiger partial charge < -0.3 is 12.9 Å². The van der Waals surface area contributed by atoms with E-state index in [9.17, 15) is 12.9 Å². The summed E-state index contributed by atoms with van der Waals surface area (Å²) >= 11 is 3.35. The van der Waals surface area contributed by atoms with E-state index in [2.05, 4.69) is 26.2 Å². The summed E-state index contributed by atoms with van der Waals surface area (Å²) in [5, 5.41) is 8.00. The van der Waals surface area contributed by atoms with Crippen molar-refractivity contribution in [1.82, 2.24) is 15.0 Å². The van der Waals surface area contributed by atoms with E-state index in [0.29, 0.717) is 11.4 Å². The Labute approximate surface area is 133 Å². The van der Waals surface area contributed by atoms with Crippen LogP contribution in [-0.4, -0.2) is 22.0 Å². The molecule has 0 aliphatic heterocycles. The van der Waals surface area contributed by atoms with Gasteiger partial charge in [0.05, 0.1) is 11.9 Å². The summed E-state index contributed by atoms with van der Waals surface area (Å²) in [7, 11) is 0. The number of benzene rings is 2. The lowest BCUT2D eigenvalue weighted by Gasteiger charge is -2.14. The van der Waals surface area contributed by atoms with Gasteiger partial charge in [-0.1, -0.05) is 45.4 Å². The van der Waals surface area contributed by atoms with E-state index < -0.39 is 12.4 Å². The maximum atomic E-state index is 12.6. The number of hydrogen-bond donors (Lipinski definition) is 0. The first-order chi connectivity index (χ1) is 10.4. The molecule has 22 heavy (non-hydrogen) atoms. The van der Waals surface area contributed by atoms with Crippen molar-refractivity contribution >= 4 is 28.4 Å². The molecule has 0 N–H and O–H groups in total. The molecule has 0 aliphatic rings. The number of hydrogen-bond acceptors (Lipinski definition) is 2. The second-order valence-corrected chi connectivity index (χ2v) is 5.64. The number of rotatable bonds is 3. The Hall–Kier alpha value is -2.09. The molecule has 3 rings (SSSR count). The van der Waals surface area contributed by atoms with Gasteiger partial charge in [0.1, 0.15) is 5.69 Å². The van der Waals surface area contributed by atoms with Gasteiger partial charge in [-0.05, 0) is 24.3 Å². The Bertz CT molecular complexity index is 782. The van der Waals surface area contributed by atoms with Crippen molar-refractivity contribution in [1.29, 1.82) is 0 Å². The highest BCUT2D eigenvalue weighted by molar-refractivity contribution is 9.10. The van der Waals surface area contributed by atoms with Crippen molar-refractivity contribution in [2.45, 2.75) is 0 Å². The van der Waals surface area contributed by atoms with E-state index in [1.807, 2.05) is 24.3 Å². The molecule has 3 aromatic rings. The fourth-order valence-corrected chi connectivity index (χ4v) is 2.25. The highest BCUT2D eigenvalue weighted by atomic mass is 79.9. The van der Waals surface area contributed by atoms with Gasteiger partial charge >= 0.3 is 6.98 Å². The Morgan fingerprint density at radius 3 is 2.14 bits per heavy atom. The van der Waals surface area contributed by atoms with Crippen LogP contribution in [0.25, 0.3) is 16.9 Å². The second-order valence-electron chi connectivity index (χ2n) is 4.72. The highest BCUT2D eigenvalue weighted by Crippen LogP contribution is 2.20.